The van der Waals surface area contributed by atoms with Gasteiger partial charge in [0.1, 0.15) is 12.2 Å². The van der Waals surface area contributed by atoms with Gasteiger partial charge in [-0.25, -0.2) is 0 Å². The second-order valence-corrected chi connectivity index (χ2v) is 10.0. The number of Topliss-reactive ketones (excluding diaryl/α,β-unsaturated/α-hetero) is 1. The minimum Gasteiger partial charge on any atom is -0.358 e. The molecule has 27 heteroatoms. The van der Waals surface area contributed by atoms with Gasteiger partial charge in [-0.15, -0.1) is 0 Å². The van der Waals surface area contributed by atoms with Gasteiger partial charge in [-0.05, 0) is 21.2 Å². The molecule has 0 saturated heterocycles. The average molecular weight is 1100 g/mol. The van der Waals surface area contributed by atoms with Crippen LogP contribution in [0.3, 0.4) is 0 Å². The minimum atomic E-state index is -6.65. The van der Waals surface area contributed by atoms with Gasteiger partial charge in [0, 0.05) is 84.6 Å². The van der Waals surface area contributed by atoms with Crippen molar-refractivity contribution in [3.63, 3.8) is 0 Å². The number of benzene rings is 3. The summed E-state index contributed by atoms with van der Waals surface area (Å²) >= 11 is 0. The van der Waals surface area contributed by atoms with Crippen LogP contribution in [0, 0.1) is 27.0 Å². The summed E-state index contributed by atoms with van der Waals surface area (Å²) in [6, 6.07) is 30.4. The number of amides is 1. The molecule has 0 aliphatic carbocycles. The predicted octanol–water partition coefficient (Wildman–Crippen LogP) is 12.5. The molecule has 0 spiro atoms. The Kier molecular flexibility index (Phi) is 43.7. The Bertz CT molecular complexity index is 1430. The van der Waals surface area contributed by atoms with Crippen LogP contribution in [0.1, 0.15) is 26.2 Å². The normalized spacial score (nSPS) is 12.6. The Morgan fingerprint density at radius 2 is 1.00 bits per heavy atom. The van der Waals surface area contributed by atoms with Gasteiger partial charge in [-0.1, -0.05) is 25.1 Å². The molecule has 360 valence electrons. The number of anilines is 1. The van der Waals surface area contributed by atoms with Crippen molar-refractivity contribution in [2.75, 3.05) is 26.1 Å². The van der Waals surface area contributed by atoms with E-state index < -0.39 is 79.3 Å². The number of nitrogens with one attached hydrogen (secondary N) is 1. The Morgan fingerprint density at radius 1 is 0.619 bits per heavy atom. The minimum absolute atomic E-state index is 0. The van der Waals surface area contributed by atoms with Crippen LogP contribution in [0.4, 0.5) is 85.0 Å². The summed E-state index contributed by atoms with van der Waals surface area (Å²) in [6.45, 7) is 0.498. The van der Waals surface area contributed by atoms with Gasteiger partial charge in [-0.2, -0.15) is 153 Å². The fourth-order valence-electron chi connectivity index (χ4n) is 2.79. The standard InChI is InChI=1S/C13H9F10NO3.2C6H5.C5H7F3O.C3H4F4O.CH3FO.2CH3.2Y/c1-26-10(15,12(19,20)21)13(22,23)27-9(14,11(16,17)18)8(25)24-7-5-3-2-4-6-7;2*1-2-4-6-5-3-1;1-2-4(9)3-5(6,7)8;4-3(5,6)1-2-8-7;1-3-2;;;;/h2-6H,1H3,(H,24,25);2*1-5H;2-3H2,1H3;1-2H2;1H3;2*1H3;;/q;2*-1;;;;2*-1;;. The third-order valence-electron chi connectivity index (χ3n) is 5.45. The van der Waals surface area contributed by atoms with Crippen molar-refractivity contribution in [3.8, 4) is 0 Å². The van der Waals surface area contributed by atoms with Gasteiger partial charge >= 0.3 is 42.5 Å². The van der Waals surface area contributed by atoms with Crippen LogP contribution in [0.2, 0.25) is 0 Å². The number of halogens is 18. The van der Waals surface area contributed by atoms with E-state index in [0.29, 0.717) is 0 Å². The van der Waals surface area contributed by atoms with Crippen LogP contribution in [0.25, 0.3) is 0 Å². The molecule has 0 saturated carbocycles. The predicted molar refractivity (Wildman–Crippen MR) is 183 cm³/mol. The van der Waals surface area contributed by atoms with Gasteiger partial charge in [0.25, 0.3) is 5.91 Å². The molecule has 3 aromatic carbocycles. The van der Waals surface area contributed by atoms with Crippen LogP contribution in [0.15, 0.2) is 91.0 Å². The quantitative estimate of drug-likeness (QED) is 0.161. The zero-order valence-corrected chi connectivity index (χ0v) is 39.1. The average Bonchev–Trinajstić information content (AvgIpc) is 3.14. The molecule has 1 N–H and O–H groups in total. The number of carbonyl (C=O) groups excluding carboxylic acids is 2. The zero-order valence-electron chi connectivity index (χ0n) is 33.4. The third kappa shape index (κ3) is 34.6. The molecular formula is C36H39F18NO6Y2-4. The monoisotopic (exact) mass is 1100 g/mol. The maximum Gasteiger partial charge on any atom is 0.458 e. The summed E-state index contributed by atoms with van der Waals surface area (Å²) in [5.74, 6) is -16.0. The van der Waals surface area contributed by atoms with E-state index in [0.717, 1.165) is 31.4 Å². The number of ether oxygens (including phenoxy) is 2. The summed E-state index contributed by atoms with van der Waals surface area (Å²) in [5, 5.41) is 1.18. The Labute approximate surface area is 401 Å². The Balaban J connectivity index is -0.000000142. The fraction of sp³-hybridized carbons (Fsp3) is 0.389. The molecule has 0 aromatic heterocycles. The van der Waals surface area contributed by atoms with Crippen LogP contribution in [-0.4, -0.2) is 75.0 Å². The summed E-state index contributed by atoms with van der Waals surface area (Å²) in [4.78, 5) is 27.1. The molecule has 0 bridgehead atoms. The number of alkyl halides is 16. The van der Waals surface area contributed by atoms with E-state index >= 15 is 0 Å². The number of hydrogen-bond acceptors (Lipinski definition) is 6. The van der Waals surface area contributed by atoms with Gasteiger partial charge < -0.3 is 24.9 Å². The molecule has 1 amide bonds. The fourth-order valence-corrected chi connectivity index (χ4v) is 2.79. The van der Waals surface area contributed by atoms with Crippen molar-refractivity contribution >= 4 is 17.4 Å². The van der Waals surface area contributed by atoms with Crippen LogP contribution in [-0.2, 0) is 94.4 Å². The van der Waals surface area contributed by atoms with E-state index in [2.05, 4.69) is 31.5 Å². The van der Waals surface area contributed by atoms with Crippen molar-refractivity contribution in [2.24, 2.45) is 0 Å². The second kappa shape index (κ2) is 36.8. The van der Waals surface area contributed by atoms with E-state index in [1.807, 2.05) is 60.7 Å². The van der Waals surface area contributed by atoms with E-state index in [-0.39, 0.29) is 93.8 Å². The summed E-state index contributed by atoms with van der Waals surface area (Å²) in [6.07, 6.45) is -31.1. The molecule has 0 heterocycles. The van der Waals surface area contributed by atoms with Crippen molar-refractivity contribution in [1.29, 1.82) is 0 Å². The first-order chi connectivity index (χ1) is 26.9. The van der Waals surface area contributed by atoms with Gasteiger partial charge in [-0.3, -0.25) is 14.3 Å². The molecule has 3 aromatic rings. The van der Waals surface area contributed by atoms with E-state index in [9.17, 15) is 88.9 Å². The first-order valence-electron chi connectivity index (χ1n) is 15.3. The van der Waals surface area contributed by atoms with Crippen molar-refractivity contribution in [3.05, 3.63) is 118 Å². The second-order valence-electron chi connectivity index (χ2n) is 10.0. The number of para-hydroxylation sites is 1. The first kappa shape index (κ1) is 74.9. The van der Waals surface area contributed by atoms with Gasteiger partial charge in [0.15, 0.2) is 0 Å². The zero-order chi connectivity index (χ0) is 46.6. The number of carbonyl (C=O) groups is 2. The largest absolute Gasteiger partial charge is 0.458 e. The van der Waals surface area contributed by atoms with E-state index in [1.54, 1.807) is 0 Å². The van der Waals surface area contributed by atoms with Gasteiger partial charge in [0.2, 0.25) is 0 Å². The molecule has 2 atom stereocenters. The third-order valence-corrected chi connectivity index (χ3v) is 5.45. The van der Waals surface area contributed by atoms with Crippen LogP contribution < -0.4 is 5.32 Å². The molecule has 7 nitrogen and oxygen atoms in total. The summed E-state index contributed by atoms with van der Waals surface area (Å²) in [5.41, 5.74) is -0.547. The molecule has 0 aliphatic heterocycles. The number of hydrogen-bond donors (Lipinski definition) is 1. The molecule has 2 radical (unpaired) electrons. The Morgan fingerprint density at radius 3 is 1.21 bits per heavy atom. The molecule has 63 heavy (non-hydrogen) atoms. The molecule has 3 rings (SSSR count). The summed E-state index contributed by atoms with van der Waals surface area (Å²) in [7, 11) is 0.683. The van der Waals surface area contributed by atoms with E-state index in [4.69, 9.17) is 0 Å². The summed E-state index contributed by atoms with van der Waals surface area (Å²) < 4.78 is 223. The molecule has 0 fully saturated rings. The molecule has 0 aliphatic rings. The maximum atomic E-state index is 14.1. The molecular weight excluding hydrogens is 1060 g/mol. The van der Waals surface area contributed by atoms with Crippen LogP contribution >= 0.6 is 0 Å². The van der Waals surface area contributed by atoms with Crippen molar-refractivity contribution < 1.29 is 174 Å². The number of rotatable bonds is 10. The number of methoxy groups -OCH3 is 1. The topological polar surface area (TPSA) is 83.1 Å². The van der Waals surface area contributed by atoms with Crippen LogP contribution in [0.5, 0.6) is 0 Å². The van der Waals surface area contributed by atoms with E-state index in [1.165, 1.54) is 18.3 Å². The maximum absolute atomic E-state index is 14.1. The van der Waals surface area contributed by atoms with Gasteiger partial charge in [0.05, 0.1) is 20.1 Å². The van der Waals surface area contributed by atoms with Crippen molar-refractivity contribution in [1.82, 2.24) is 0 Å². The number of ketones is 1. The molecule has 2 unspecified atom stereocenters. The Hall–Kier alpha value is -2.41. The van der Waals surface area contributed by atoms with Crippen molar-refractivity contribution in [2.45, 2.75) is 68.7 Å². The smallest absolute Gasteiger partial charge is 0.358 e. The first-order valence-corrected chi connectivity index (χ1v) is 15.3. The SMILES string of the molecule is CCC(=O)CC(F)(F)F.COC(F)(C(F)(F)F)C(F)(F)OC(F)(C(=O)Nc1ccccc1)C(F)(F)F.COF.FOCCC(F)(F)F.[CH3-].[CH3-].[Y].[Y].[c-]1ccccc1.[c-]1ccccc1.